The summed E-state index contributed by atoms with van der Waals surface area (Å²) in [5.41, 5.74) is 6.90. The summed E-state index contributed by atoms with van der Waals surface area (Å²) in [6.07, 6.45) is 3.39. The Morgan fingerprint density at radius 2 is 2.25 bits per heavy atom. The Hall–Kier alpha value is -1.59. The Bertz CT molecular complexity index is 658. The number of aromatic nitrogens is 1. The van der Waals surface area contributed by atoms with E-state index in [0.717, 1.165) is 35.4 Å². The van der Waals surface area contributed by atoms with Crippen molar-refractivity contribution in [1.29, 1.82) is 0 Å². The molecule has 3 rings (SSSR count). The molecule has 0 bridgehead atoms. The lowest BCUT2D eigenvalue weighted by atomic mass is 9.77. The van der Waals surface area contributed by atoms with E-state index in [1.165, 1.54) is 11.3 Å². The number of nitrogen functional groups attached to an aromatic ring is 1. The smallest absolute Gasteiger partial charge is 0.208 e. The summed E-state index contributed by atoms with van der Waals surface area (Å²) in [6, 6.07) is 7.55. The van der Waals surface area contributed by atoms with Crippen molar-refractivity contribution in [2.24, 2.45) is 0 Å². The van der Waals surface area contributed by atoms with E-state index in [1.807, 2.05) is 24.3 Å². The highest BCUT2D eigenvalue weighted by Crippen LogP contribution is 2.44. The zero-order chi connectivity index (χ0) is 14.2. The van der Waals surface area contributed by atoms with Crippen LogP contribution in [0.25, 0.3) is 0 Å². The van der Waals surface area contributed by atoms with Gasteiger partial charge in [0, 0.05) is 15.5 Å². The van der Waals surface area contributed by atoms with E-state index in [0.29, 0.717) is 16.6 Å². The maximum Gasteiger partial charge on any atom is 0.208 e. The first-order chi connectivity index (χ1) is 9.67. The zero-order valence-corrected chi connectivity index (χ0v) is 12.3. The minimum absolute atomic E-state index is 0.529. The number of hydrogen-bond donors (Lipinski definition) is 2. The molecule has 1 amide bonds. The van der Waals surface area contributed by atoms with Crippen molar-refractivity contribution in [3.63, 3.8) is 0 Å². The van der Waals surface area contributed by atoms with Crippen LogP contribution in [0.4, 0.5) is 5.13 Å². The zero-order valence-electron chi connectivity index (χ0n) is 10.7. The van der Waals surface area contributed by atoms with Gasteiger partial charge in [0.1, 0.15) is 5.54 Å². The third-order valence-electron chi connectivity index (χ3n) is 3.71. The van der Waals surface area contributed by atoms with Crippen LogP contribution >= 0.6 is 22.9 Å². The van der Waals surface area contributed by atoms with Gasteiger partial charge in [-0.2, -0.15) is 0 Å². The fourth-order valence-electron chi connectivity index (χ4n) is 2.89. The minimum atomic E-state index is -0.665. The molecule has 1 aromatic carbocycles. The second kappa shape index (κ2) is 5.07. The highest BCUT2D eigenvalue weighted by Gasteiger charge is 2.42. The van der Waals surface area contributed by atoms with Gasteiger partial charge in [-0.3, -0.25) is 4.79 Å². The molecule has 1 aliphatic rings. The average Bonchev–Trinajstić information content (AvgIpc) is 2.81. The second-order valence-electron chi connectivity index (χ2n) is 4.82. The number of halogens is 1. The Morgan fingerprint density at radius 3 is 3.00 bits per heavy atom. The standard InChI is InChI=1S/C14H14ClN3OS/c15-10-5-2-1-4-9(10)14(17-8-19)7-3-6-11-12(14)18-13(16)20-11/h1-2,4-5,8H,3,6-7H2,(H2,16,18)(H,17,19). The maximum absolute atomic E-state index is 11.2. The lowest BCUT2D eigenvalue weighted by molar-refractivity contribution is -0.111. The first-order valence-electron chi connectivity index (χ1n) is 6.39. The van der Waals surface area contributed by atoms with Crippen LogP contribution in [0.3, 0.4) is 0 Å². The molecule has 0 fully saturated rings. The van der Waals surface area contributed by atoms with Crippen molar-refractivity contribution >= 4 is 34.5 Å². The number of hydrogen-bond acceptors (Lipinski definition) is 4. The number of rotatable bonds is 3. The lowest BCUT2D eigenvalue weighted by Crippen LogP contribution is -2.45. The summed E-state index contributed by atoms with van der Waals surface area (Å²) in [5, 5.41) is 4.10. The van der Waals surface area contributed by atoms with Gasteiger partial charge in [-0.1, -0.05) is 29.8 Å². The van der Waals surface area contributed by atoms with Crippen molar-refractivity contribution in [3.8, 4) is 0 Å². The summed E-state index contributed by atoms with van der Waals surface area (Å²) in [4.78, 5) is 16.8. The van der Waals surface area contributed by atoms with Crippen molar-refractivity contribution in [3.05, 3.63) is 45.4 Å². The van der Waals surface area contributed by atoms with Crippen molar-refractivity contribution in [2.75, 3.05) is 5.73 Å². The molecule has 3 N–H and O–H groups in total. The van der Waals surface area contributed by atoms with Crippen LogP contribution in [0.5, 0.6) is 0 Å². The normalized spacial score (nSPS) is 21.2. The van der Waals surface area contributed by atoms with Crippen molar-refractivity contribution < 1.29 is 4.79 Å². The highest BCUT2D eigenvalue weighted by atomic mass is 35.5. The number of anilines is 1. The number of nitrogens with two attached hydrogens (primary N) is 1. The van der Waals surface area contributed by atoms with Gasteiger partial charge >= 0.3 is 0 Å². The van der Waals surface area contributed by atoms with Gasteiger partial charge in [-0.15, -0.1) is 11.3 Å². The van der Waals surface area contributed by atoms with Crippen LogP contribution in [0, 0.1) is 0 Å². The predicted molar refractivity (Wildman–Crippen MR) is 80.9 cm³/mol. The van der Waals surface area contributed by atoms with Crippen molar-refractivity contribution in [1.82, 2.24) is 10.3 Å². The van der Waals surface area contributed by atoms with Gasteiger partial charge in [-0.05, 0) is 25.3 Å². The number of benzene rings is 1. The van der Waals surface area contributed by atoms with E-state index in [1.54, 1.807) is 0 Å². The molecule has 1 aliphatic carbocycles. The molecule has 1 aromatic heterocycles. The largest absolute Gasteiger partial charge is 0.375 e. The molecule has 0 aliphatic heterocycles. The first kappa shape index (κ1) is 13.4. The van der Waals surface area contributed by atoms with Crippen LogP contribution < -0.4 is 11.1 Å². The highest BCUT2D eigenvalue weighted by molar-refractivity contribution is 7.15. The number of carbonyl (C=O) groups excluding carboxylic acids is 1. The topological polar surface area (TPSA) is 68.0 Å². The molecular formula is C14H14ClN3OS. The molecule has 0 saturated heterocycles. The second-order valence-corrected chi connectivity index (χ2v) is 6.35. The average molecular weight is 308 g/mol. The third kappa shape index (κ3) is 1.98. The summed E-state index contributed by atoms with van der Waals surface area (Å²) >= 11 is 7.83. The van der Waals surface area contributed by atoms with Gasteiger partial charge in [0.25, 0.3) is 0 Å². The monoisotopic (exact) mass is 307 g/mol. The van der Waals surface area contributed by atoms with Crippen molar-refractivity contribution in [2.45, 2.75) is 24.8 Å². The van der Waals surface area contributed by atoms with E-state index in [9.17, 15) is 4.79 Å². The van der Waals surface area contributed by atoms with Gasteiger partial charge in [0.05, 0.1) is 5.69 Å². The van der Waals surface area contributed by atoms with E-state index >= 15 is 0 Å². The minimum Gasteiger partial charge on any atom is -0.375 e. The fraction of sp³-hybridized carbons (Fsp3) is 0.286. The van der Waals surface area contributed by atoms with Crippen LogP contribution in [-0.4, -0.2) is 11.4 Å². The summed E-state index contributed by atoms with van der Waals surface area (Å²) in [6.45, 7) is 0. The van der Waals surface area contributed by atoms with Gasteiger partial charge in [0.15, 0.2) is 5.13 Å². The van der Waals surface area contributed by atoms with E-state index in [4.69, 9.17) is 17.3 Å². The fourth-order valence-corrected chi connectivity index (χ4v) is 4.14. The molecule has 20 heavy (non-hydrogen) atoms. The quantitative estimate of drug-likeness (QED) is 0.857. The molecule has 4 nitrogen and oxygen atoms in total. The van der Waals surface area contributed by atoms with Crippen LogP contribution in [-0.2, 0) is 16.8 Å². The molecule has 1 atom stereocenters. The maximum atomic E-state index is 11.2. The molecular weight excluding hydrogens is 294 g/mol. The van der Waals surface area contributed by atoms with Crippen LogP contribution in [0.1, 0.15) is 29.0 Å². The first-order valence-corrected chi connectivity index (χ1v) is 7.59. The number of nitrogens with one attached hydrogen (secondary N) is 1. The summed E-state index contributed by atoms with van der Waals surface area (Å²) in [7, 11) is 0. The summed E-state index contributed by atoms with van der Waals surface area (Å²) in [5.74, 6) is 0. The van der Waals surface area contributed by atoms with Gasteiger partial charge in [0.2, 0.25) is 6.41 Å². The number of aryl methyl sites for hydroxylation is 1. The van der Waals surface area contributed by atoms with Crippen LogP contribution in [0.15, 0.2) is 24.3 Å². The number of fused-ring (bicyclic) bond motifs is 1. The Labute approximate surface area is 126 Å². The lowest BCUT2D eigenvalue weighted by Gasteiger charge is -2.36. The Balaban J connectivity index is 2.24. The summed E-state index contributed by atoms with van der Waals surface area (Å²) < 4.78 is 0. The number of carbonyl (C=O) groups is 1. The number of thiazole rings is 1. The molecule has 6 heteroatoms. The SMILES string of the molecule is Nc1nc2c(s1)CCCC2(NC=O)c1ccccc1Cl. The van der Waals surface area contributed by atoms with Crippen LogP contribution in [0.2, 0.25) is 5.02 Å². The molecule has 2 aromatic rings. The van der Waals surface area contributed by atoms with Gasteiger partial charge in [-0.25, -0.2) is 4.98 Å². The van der Waals surface area contributed by atoms with E-state index in [2.05, 4.69) is 10.3 Å². The van der Waals surface area contributed by atoms with E-state index in [-0.39, 0.29) is 0 Å². The third-order valence-corrected chi connectivity index (χ3v) is 4.99. The Morgan fingerprint density at radius 1 is 1.45 bits per heavy atom. The molecule has 1 unspecified atom stereocenters. The molecule has 1 heterocycles. The van der Waals surface area contributed by atoms with E-state index < -0.39 is 5.54 Å². The molecule has 0 spiro atoms. The number of nitrogens with zero attached hydrogens (tertiary/aromatic N) is 1. The Kier molecular flexibility index (Phi) is 3.40. The molecule has 0 saturated carbocycles. The number of amides is 1. The van der Waals surface area contributed by atoms with Gasteiger partial charge < -0.3 is 11.1 Å². The molecule has 0 radical (unpaired) electrons. The predicted octanol–water partition coefficient (Wildman–Crippen LogP) is 2.70. The molecule has 104 valence electrons.